The van der Waals surface area contributed by atoms with Crippen molar-refractivity contribution in [2.75, 3.05) is 6.61 Å². The molecule has 26 heavy (non-hydrogen) atoms. The summed E-state index contributed by atoms with van der Waals surface area (Å²) in [5.74, 6) is -0.174. The van der Waals surface area contributed by atoms with Gasteiger partial charge in [0.25, 0.3) is 0 Å². The van der Waals surface area contributed by atoms with Gasteiger partial charge in [0, 0.05) is 6.42 Å². The molecule has 3 nitrogen and oxygen atoms in total. The summed E-state index contributed by atoms with van der Waals surface area (Å²) in [6.45, 7) is 3.90. The van der Waals surface area contributed by atoms with E-state index in [1.807, 2.05) is 0 Å². The second-order valence-electron chi connectivity index (χ2n) is 7.89. The summed E-state index contributed by atoms with van der Waals surface area (Å²) < 4.78 is 5.04. The SMILES string of the molecule is CCCCCCCCCCCCCCCCCCCC(=O)OC(C)CO. The Balaban J connectivity index is 3.10. The van der Waals surface area contributed by atoms with Crippen molar-refractivity contribution in [1.29, 1.82) is 0 Å². The Morgan fingerprint density at radius 3 is 1.38 bits per heavy atom. The Labute approximate surface area is 163 Å². The molecule has 0 saturated carbocycles. The molecule has 0 heterocycles. The van der Waals surface area contributed by atoms with Crippen LogP contribution in [0.5, 0.6) is 0 Å². The molecule has 1 atom stereocenters. The standard InChI is InChI=1S/C23H46O3/c1-3-4-5-6-7-8-9-10-11-12-13-14-15-16-17-18-19-20-23(25)26-22(2)21-24/h22,24H,3-21H2,1-2H3. The molecule has 0 aromatic heterocycles. The fourth-order valence-corrected chi connectivity index (χ4v) is 3.31. The van der Waals surface area contributed by atoms with E-state index in [2.05, 4.69) is 6.92 Å². The smallest absolute Gasteiger partial charge is 0.306 e. The summed E-state index contributed by atoms with van der Waals surface area (Å²) >= 11 is 0. The van der Waals surface area contributed by atoms with Crippen molar-refractivity contribution >= 4 is 5.97 Å². The first-order chi connectivity index (χ1) is 12.7. The van der Waals surface area contributed by atoms with Crippen LogP contribution in [-0.4, -0.2) is 23.8 Å². The molecule has 0 aliphatic heterocycles. The fraction of sp³-hybridized carbons (Fsp3) is 0.957. The summed E-state index contributed by atoms with van der Waals surface area (Å²) in [5, 5.41) is 8.83. The Morgan fingerprint density at radius 2 is 1.04 bits per heavy atom. The van der Waals surface area contributed by atoms with Crippen LogP contribution in [0.1, 0.15) is 129 Å². The van der Waals surface area contributed by atoms with Gasteiger partial charge in [-0.25, -0.2) is 0 Å². The Morgan fingerprint density at radius 1 is 0.692 bits per heavy atom. The van der Waals surface area contributed by atoms with E-state index in [0.29, 0.717) is 6.42 Å². The molecule has 0 bridgehead atoms. The monoisotopic (exact) mass is 370 g/mol. The van der Waals surface area contributed by atoms with Crippen LogP contribution in [0.4, 0.5) is 0 Å². The lowest BCUT2D eigenvalue weighted by atomic mass is 10.0. The predicted molar refractivity (Wildman–Crippen MR) is 111 cm³/mol. The first-order valence-electron chi connectivity index (χ1n) is 11.5. The molecule has 0 aliphatic rings. The third-order valence-electron chi connectivity index (χ3n) is 5.07. The summed E-state index contributed by atoms with van der Waals surface area (Å²) in [6, 6.07) is 0. The lowest BCUT2D eigenvalue weighted by Crippen LogP contribution is -2.18. The number of rotatable bonds is 20. The van der Waals surface area contributed by atoms with Crippen LogP contribution in [-0.2, 0) is 9.53 Å². The third-order valence-corrected chi connectivity index (χ3v) is 5.07. The quantitative estimate of drug-likeness (QED) is 0.186. The number of carbonyl (C=O) groups is 1. The van der Waals surface area contributed by atoms with Gasteiger partial charge in [-0.15, -0.1) is 0 Å². The molecule has 0 amide bonds. The highest BCUT2D eigenvalue weighted by Crippen LogP contribution is 2.14. The summed E-state index contributed by atoms with van der Waals surface area (Å²) in [7, 11) is 0. The van der Waals surface area contributed by atoms with Crippen molar-refractivity contribution in [1.82, 2.24) is 0 Å². The second kappa shape index (κ2) is 20.7. The van der Waals surface area contributed by atoms with Crippen molar-refractivity contribution in [2.24, 2.45) is 0 Å². The fourth-order valence-electron chi connectivity index (χ4n) is 3.31. The van der Waals surface area contributed by atoms with Crippen molar-refractivity contribution < 1.29 is 14.6 Å². The van der Waals surface area contributed by atoms with Gasteiger partial charge in [-0.1, -0.05) is 110 Å². The normalized spacial score (nSPS) is 12.3. The molecule has 156 valence electrons. The second-order valence-corrected chi connectivity index (χ2v) is 7.89. The maximum Gasteiger partial charge on any atom is 0.306 e. The highest BCUT2D eigenvalue weighted by atomic mass is 16.5. The third kappa shape index (κ3) is 19.8. The lowest BCUT2D eigenvalue weighted by molar-refractivity contribution is -0.150. The number of hydrogen-bond donors (Lipinski definition) is 1. The molecule has 0 spiro atoms. The van der Waals surface area contributed by atoms with Crippen LogP contribution in [0, 0.1) is 0 Å². The van der Waals surface area contributed by atoms with Crippen LogP contribution in [0.2, 0.25) is 0 Å². The maximum absolute atomic E-state index is 11.4. The average molecular weight is 371 g/mol. The van der Waals surface area contributed by atoms with Crippen molar-refractivity contribution in [3.05, 3.63) is 0 Å². The number of aliphatic hydroxyl groups excluding tert-OH is 1. The average Bonchev–Trinajstić information content (AvgIpc) is 2.64. The Bertz CT molecular complexity index is 291. The van der Waals surface area contributed by atoms with Crippen LogP contribution in [0.25, 0.3) is 0 Å². The lowest BCUT2D eigenvalue weighted by Gasteiger charge is -2.09. The minimum Gasteiger partial charge on any atom is -0.460 e. The molecule has 0 aromatic carbocycles. The molecule has 0 radical (unpaired) electrons. The van der Waals surface area contributed by atoms with Crippen LogP contribution < -0.4 is 0 Å². The number of unbranched alkanes of at least 4 members (excludes halogenated alkanes) is 16. The van der Waals surface area contributed by atoms with Crippen molar-refractivity contribution in [2.45, 2.75) is 136 Å². The summed E-state index contributed by atoms with van der Waals surface area (Å²) in [6.07, 6.45) is 23.0. The first-order valence-corrected chi connectivity index (χ1v) is 11.5. The zero-order chi connectivity index (χ0) is 19.3. The molecule has 1 N–H and O–H groups in total. The zero-order valence-electron chi connectivity index (χ0n) is 17.8. The number of carbonyl (C=O) groups excluding carboxylic acids is 1. The van der Waals surface area contributed by atoms with E-state index in [4.69, 9.17) is 9.84 Å². The molecule has 0 aromatic rings. The molecular weight excluding hydrogens is 324 g/mol. The van der Waals surface area contributed by atoms with E-state index in [0.717, 1.165) is 12.8 Å². The number of ether oxygens (including phenoxy) is 1. The minimum atomic E-state index is -0.367. The van der Waals surface area contributed by atoms with E-state index in [1.165, 1.54) is 96.3 Å². The van der Waals surface area contributed by atoms with Crippen LogP contribution in [0.15, 0.2) is 0 Å². The number of aliphatic hydroxyl groups is 1. The molecule has 0 saturated heterocycles. The summed E-state index contributed by atoms with van der Waals surface area (Å²) in [5.41, 5.74) is 0. The van der Waals surface area contributed by atoms with E-state index in [1.54, 1.807) is 6.92 Å². The van der Waals surface area contributed by atoms with Crippen LogP contribution in [0.3, 0.4) is 0 Å². The molecular formula is C23H46O3. The van der Waals surface area contributed by atoms with Crippen molar-refractivity contribution in [3.63, 3.8) is 0 Å². The van der Waals surface area contributed by atoms with Gasteiger partial charge in [0.2, 0.25) is 0 Å². The van der Waals surface area contributed by atoms with Gasteiger partial charge in [-0.3, -0.25) is 4.79 Å². The van der Waals surface area contributed by atoms with E-state index < -0.39 is 0 Å². The number of hydrogen-bond acceptors (Lipinski definition) is 3. The van der Waals surface area contributed by atoms with E-state index in [9.17, 15) is 4.79 Å². The van der Waals surface area contributed by atoms with Gasteiger partial charge in [-0.2, -0.15) is 0 Å². The maximum atomic E-state index is 11.4. The Kier molecular flexibility index (Phi) is 20.3. The molecule has 3 heteroatoms. The van der Waals surface area contributed by atoms with Gasteiger partial charge in [0.1, 0.15) is 6.10 Å². The first kappa shape index (κ1) is 25.4. The Hall–Kier alpha value is -0.570. The molecule has 0 aliphatic carbocycles. The van der Waals surface area contributed by atoms with Gasteiger partial charge in [0.15, 0.2) is 0 Å². The summed E-state index contributed by atoms with van der Waals surface area (Å²) in [4.78, 5) is 11.4. The van der Waals surface area contributed by atoms with Gasteiger partial charge < -0.3 is 9.84 Å². The van der Waals surface area contributed by atoms with Gasteiger partial charge >= 0.3 is 5.97 Å². The highest BCUT2D eigenvalue weighted by Gasteiger charge is 2.07. The predicted octanol–water partition coefficient (Wildman–Crippen LogP) is 6.95. The van der Waals surface area contributed by atoms with Crippen LogP contribution >= 0.6 is 0 Å². The van der Waals surface area contributed by atoms with Gasteiger partial charge in [-0.05, 0) is 13.3 Å². The van der Waals surface area contributed by atoms with Crippen molar-refractivity contribution in [3.8, 4) is 0 Å². The largest absolute Gasteiger partial charge is 0.460 e. The minimum absolute atomic E-state index is 0.0925. The highest BCUT2D eigenvalue weighted by molar-refractivity contribution is 5.69. The molecule has 0 fully saturated rings. The molecule has 0 rings (SSSR count). The van der Waals surface area contributed by atoms with E-state index in [-0.39, 0.29) is 18.7 Å². The van der Waals surface area contributed by atoms with Gasteiger partial charge in [0.05, 0.1) is 6.61 Å². The number of esters is 1. The van der Waals surface area contributed by atoms with E-state index >= 15 is 0 Å². The molecule has 1 unspecified atom stereocenters. The topological polar surface area (TPSA) is 46.5 Å². The zero-order valence-corrected chi connectivity index (χ0v) is 17.8.